The topological polar surface area (TPSA) is 49.5 Å². The molecular weight excluding hydrogens is 244 g/mol. The van der Waals surface area contributed by atoms with Crippen molar-refractivity contribution in [2.24, 2.45) is 11.1 Å². The first kappa shape index (κ1) is 15.9. The molecule has 1 atom stereocenters. The van der Waals surface area contributed by atoms with Crippen LogP contribution in [0.4, 0.5) is 0 Å². The first-order valence-electron chi connectivity index (χ1n) is 6.98. The van der Waals surface area contributed by atoms with Gasteiger partial charge in [0.15, 0.2) is 0 Å². The third-order valence-corrected chi connectivity index (χ3v) is 4.65. The van der Waals surface area contributed by atoms with Crippen molar-refractivity contribution >= 4 is 17.2 Å². The molecular formula is C14H28N2OS. The molecule has 4 heteroatoms. The molecule has 1 saturated heterocycles. The normalized spacial score (nSPS) is 26.9. The van der Waals surface area contributed by atoms with Crippen LogP contribution in [0.25, 0.3) is 0 Å². The van der Waals surface area contributed by atoms with E-state index in [2.05, 4.69) is 18.7 Å². The molecule has 0 bridgehead atoms. The number of likely N-dealkylation sites (tertiary alicyclic amines) is 1. The van der Waals surface area contributed by atoms with Gasteiger partial charge >= 0.3 is 0 Å². The van der Waals surface area contributed by atoms with Crippen molar-refractivity contribution in [1.29, 1.82) is 0 Å². The van der Waals surface area contributed by atoms with Gasteiger partial charge in [-0.1, -0.05) is 26.1 Å². The van der Waals surface area contributed by atoms with Crippen LogP contribution in [0.3, 0.4) is 0 Å². The predicted molar refractivity (Wildman–Crippen MR) is 80.7 cm³/mol. The van der Waals surface area contributed by atoms with Crippen molar-refractivity contribution < 1.29 is 5.11 Å². The van der Waals surface area contributed by atoms with E-state index in [9.17, 15) is 5.11 Å². The first-order chi connectivity index (χ1) is 8.23. The van der Waals surface area contributed by atoms with Crippen LogP contribution in [0.15, 0.2) is 0 Å². The van der Waals surface area contributed by atoms with Crippen LogP contribution in [-0.4, -0.2) is 40.2 Å². The number of rotatable bonds is 5. The maximum atomic E-state index is 10.0. The molecule has 0 aromatic heterocycles. The van der Waals surface area contributed by atoms with E-state index in [1.807, 2.05) is 6.92 Å². The van der Waals surface area contributed by atoms with E-state index in [0.717, 1.165) is 51.7 Å². The van der Waals surface area contributed by atoms with Crippen molar-refractivity contribution in [2.45, 2.75) is 58.5 Å². The Hall–Kier alpha value is -0.190. The second kappa shape index (κ2) is 6.31. The minimum absolute atomic E-state index is 0.0350. The summed E-state index contributed by atoms with van der Waals surface area (Å²) in [5.41, 5.74) is 5.23. The lowest BCUT2D eigenvalue weighted by Crippen LogP contribution is -2.32. The second-order valence-electron chi connectivity index (χ2n) is 6.54. The van der Waals surface area contributed by atoms with E-state index in [1.54, 1.807) is 0 Å². The number of hydrogen-bond donors (Lipinski definition) is 2. The van der Waals surface area contributed by atoms with Gasteiger partial charge in [-0.2, -0.15) is 0 Å². The lowest BCUT2D eigenvalue weighted by molar-refractivity contribution is 0.0446. The SMILES string of the molecule is CC1(O)CCCN(CCCC(C)(C)C(N)=S)CC1. The summed E-state index contributed by atoms with van der Waals surface area (Å²) in [5.74, 6) is 0. The van der Waals surface area contributed by atoms with Gasteiger partial charge in [-0.25, -0.2) is 0 Å². The lowest BCUT2D eigenvalue weighted by Gasteiger charge is -2.26. The molecule has 106 valence electrons. The standard InChI is InChI=1S/C14H28N2OS/c1-13(2,12(15)18)6-4-9-16-10-5-7-14(3,17)8-11-16/h17H,4-11H2,1-3H3,(H2,15,18). The minimum atomic E-state index is -0.465. The van der Waals surface area contributed by atoms with Crippen LogP contribution in [0.5, 0.6) is 0 Å². The zero-order valence-corrected chi connectivity index (χ0v) is 12.9. The van der Waals surface area contributed by atoms with Gasteiger partial charge in [-0.15, -0.1) is 0 Å². The fraction of sp³-hybridized carbons (Fsp3) is 0.929. The van der Waals surface area contributed by atoms with Gasteiger partial charge in [0.1, 0.15) is 0 Å². The largest absolute Gasteiger partial charge is 0.393 e. The number of hydrogen-bond acceptors (Lipinski definition) is 3. The zero-order valence-electron chi connectivity index (χ0n) is 12.0. The van der Waals surface area contributed by atoms with Crippen molar-refractivity contribution in [2.75, 3.05) is 19.6 Å². The molecule has 3 N–H and O–H groups in total. The smallest absolute Gasteiger partial charge is 0.0784 e. The summed E-state index contributed by atoms with van der Waals surface area (Å²) in [6.45, 7) is 9.36. The molecule has 0 aromatic carbocycles. The molecule has 1 fully saturated rings. The predicted octanol–water partition coefficient (Wildman–Crippen LogP) is 2.32. The molecule has 1 aliphatic rings. The van der Waals surface area contributed by atoms with Gasteiger partial charge in [0, 0.05) is 12.0 Å². The molecule has 1 unspecified atom stereocenters. The van der Waals surface area contributed by atoms with Gasteiger partial charge in [-0.05, 0) is 52.1 Å². The number of aliphatic hydroxyl groups is 1. The highest BCUT2D eigenvalue weighted by atomic mass is 32.1. The first-order valence-corrected chi connectivity index (χ1v) is 7.38. The zero-order chi connectivity index (χ0) is 13.8. The van der Waals surface area contributed by atoms with Crippen LogP contribution in [0, 0.1) is 5.41 Å². The fourth-order valence-corrected chi connectivity index (χ4v) is 2.51. The highest BCUT2D eigenvalue weighted by Gasteiger charge is 2.25. The summed E-state index contributed by atoms with van der Waals surface area (Å²) >= 11 is 5.08. The maximum absolute atomic E-state index is 10.0. The van der Waals surface area contributed by atoms with Gasteiger partial charge in [0.05, 0.1) is 10.6 Å². The summed E-state index contributed by atoms with van der Waals surface area (Å²) in [6, 6.07) is 0. The quantitative estimate of drug-likeness (QED) is 0.754. The Bertz CT molecular complexity index is 290. The van der Waals surface area contributed by atoms with Crippen LogP contribution in [0.1, 0.15) is 52.9 Å². The third kappa shape index (κ3) is 5.21. The summed E-state index contributed by atoms with van der Waals surface area (Å²) in [5, 5.41) is 10.0. The Labute approximate surface area is 117 Å². The van der Waals surface area contributed by atoms with Crippen molar-refractivity contribution in [1.82, 2.24) is 4.90 Å². The van der Waals surface area contributed by atoms with Gasteiger partial charge in [0.25, 0.3) is 0 Å². The molecule has 1 heterocycles. The molecule has 0 aliphatic carbocycles. The van der Waals surface area contributed by atoms with Crippen LogP contribution >= 0.6 is 12.2 Å². The van der Waals surface area contributed by atoms with Crippen molar-refractivity contribution in [3.05, 3.63) is 0 Å². The lowest BCUT2D eigenvalue weighted by atomic mass is 9.88. The van der Waals surface area contributed by atoms with Gasteiger partial charge < -0.3 is 15.7 Å². The van der Waals surface area contributed by atoms with Crippen LogP contribution < -0.4 is 5.73 Å². The fourth-order valence-electron chi connectivity index (χ4n) is 2.41. The van der Waals surface area contributed by atoms with E-state index in [1.165, 1.54) is 0 Å². The molecule has 0 saturated carbocycles. The molecule has 0 aromatic rings. The van der Waals surface area contributed by atoms with Crippen LogP contribution in [-0.2, 0) is 0 Å². The number of nitrogens with zero attached hydrogens (tertiary/aromatic N) is 1. The molecule has 0 spiro atoms. The molecule has 18 heavy (non-hydrogen) atoms. The summed E-state index contributed by atoms with van der Waals surface area (Å²) in [6.07, 6.45) is 5.04. The van der Waals surface area contributed by atoms with Gasteiger partial charge in [0.2, 0.25) is 0 Å². The van der Waals surface area contributed by atoms with E-state index in [4.69, 9.17) is 18.0 Å². The van der Waals surface area contributed by atoms with E-state index >= 15 is 0 Å². The maximum Gasteiger partial charge on any atom is 0.0784 e. The average Bonchev–Trinajstić information content (AvgIpc) is 2.40. The third-order valence-electron chi connectivity index (χ3n) is 4.10. The van der Waals surface area contributed by atoms with Gasteiger partial charge in [-0.3, -0.25) is 0 Å². The monoisotopic (exact) mass is 272 g/mol. The Balaban J connectivity index is 2.30. The van der Waals surface area contributed by atoms with Crippen molar-refractivity contribution in [3.8, 4) is 0 Å². The van der Waals surface area contributed by atoms with Crippen molar-refractivity contribution in [3.63, 3.8) is 0 Å². The van der Waals surface area contributed by atoms with E-state index in [-0.39, 0.29) is 5.41 Å². The Morgan fingerprint density at radius 3 is 2.67 bits per heavy atom. The summed E-state index contributed by atoms with van der Waals surface area (Å²) in [7, 11) is 0. The Morgan fingerprint density at radius 1 is 1.39 bits per heavy atom. The average molecular weight is 272 g/mol. The second-order valence-corrected chi connectivity index (χ2v) is 6.98. The molecule has 0 amide bonds. The summed E-state index contributed by atoms with van der Waals surface area (Å²) < 4.78 is 0. The highest BCUT2D eigenvalue weighted by Crippen LogP contribution is 2.24. The molecule has 0 radical (unpaired) electrons. The molecule has 3 nitrogen and oxygen atoms in total. The van der Waals surface area contributed by atoms with Crippen LogP contribution in [0.2, 0.25) is 0 Å². The minimum Gasteiger partial charge on any atom is -0.393 e. The Morgan fingerprint density at radius 2 is 2.06 bits per heavy atom. The highest BCUT2D eigenvalue weighted by molar-refractivity contribution is 7.80. The van der Waals surface area contributed by atoms with E-state index < -0.39 is 5.60 Å². The Kier molecular flexibility index (Phi) is 5.56. The molecule has 1 rings (SSSR count). The summed E-state index contributed by atoms with van der Waals surface area (Å²) in [4.78, 5) is 3.07. The molecule has 1 aliphatic heterocycles. The number of thiocarbonyl (C=S) groups is 1. The van der Waals surface area contributed by atoms with E-state index in [0.29, 0.717) is 4.99 Å². The number of nitrogens with two attached hydrogens (primary N) is 1.